The van der Waals surface area contributed by atoms with Crippen molar-refractivity contribution in [2.75, 3.05) is 13.1 Å². The lowest BCUT2D eigenvalue weighted by Gasteiger charge is -2.35. The number of nitrogens with two attached hydrogens (primary N) is 1. The molecule has 8 heteroatoms. The van der Waals surface area contributed by atoms with Gasteiger partial charge in [-0.1, -0.05) is 17.3 Å². The molecule has 3 N–H and O–H groups in total. The molecule has 3 unspecified atom stereocenters. The fourth-order valence-electron chi connectivity index (χ4n) is 4.54. The maximum Gasteiger partial charge on any atom is 0.191 e. The minimum Gasteiger partial charge on any atom is -0.390 e. The lowest BCUT2D eigenvalue weighted by Crippen LogP contribution is -2.48. The summed E-state index contributed by atoms with van der Waals surface area (Å²) in [4.78, 5) is 19.1. The van der Waals surface area contributed by atoms with E-state index in [4.69, 9.17) is 10.6 Å². The van der Waals surface area contributed by atoms with Crippen LogP contribution in [-0.4, -0.2) is 47.6 Å². The zero-order valence-corrected chi connectivity index (χ0v) is 17.3. The van der Waals surface area contributed by atoms with Crippen molar-refractivity contribution in [3.8, 4) is 11.1 Å². The van der Waals surface area contributed by atoms with Crippen LogP contribution in [0.5, 0.6) is 0 Å². The normalized spacial score (nSPS) is 27.2. The van der Waals surface area contributed by atoms with Gasteiger partial charge in [0.2, 0.25) is 0 Å². The Labute approximate surface area is 180 Å². The van der Waals surface area contributed by atoms with E-state index in [0.717, 1.165) is 46.9 Å². The van der Waals surface area contributed by atoms with Crippen molar-refractivity contribution in [1.82, 2.24) is 10.3 Å². The van der Waals surface area contributed by atoms with Crippen molar-refractivity contribution in [2.45, 2.75) is 38.1 Å². The summed E-state index contributed by atoms with van der Waals surface area (Å²) in [5.41, 5.74) is 11.6. The molecule has 3 aliphatic rings. The highest BCUT2D eigenvalue weighted by Crippen LogP contribution is 2.39. The van der Waals surface area contributed by atoms with Crippen molar-refractivity contribution in [1.29, 1.82) is 0 Å². The Kier molecular flexibility index (Phi) is 5.33. The predicted molar refractivity (Wildman–Crippen MR) is 119 cm³/mol. The molecule has 5 rings (SSSR count). The zero-order chi connectivity index (χ0) is 21.4. The summed E-state index contributed by atoms with van der Waals surface area (Å²) >= 11 is 0. The standard InChI is InChI=1S/C23H25FN6O/c1-13-22-20(29-23(25)28-13)7-15(8-21(22)30-31-17-11-27-12-17)18-5-4-16(24)9-19(18)14-3-2-6-26-10-14/h2-6,9-10,15,17,22-23,27H,7-8,11-12,25H2,1H3. The van der Waals surface area contributed by atoms with Crippen LogP contribution in [0.25, 0.3) is 11.1 Å². The molecular formula is C23H25FN6O. The fourth-order valence-corrected chi connectivity index (χ4v) is 4.54. The van der Waals surface area contributed by atoms with E-state index in [2.05, 4.69) is 25.4 Å². The smallest absolute Gasteiger partial charge is 0.191 e. The minimum absolute atomic E-state index is 0.0748. The van der Waals surface area contributed by atoms with Gasteiger partial charge in [0.05, 0.1) is 11.6 Å². The van der Waals surface area contributed by atoms with Gasteiger partial charge in [-0.3, -0.25) is 20.7 Å². The summed E-state index contributed by atoms with van der Waals surface area (Å²) in [5.74, 6) is -0.275. The molecule has 2 fully saturated rings. The van der Waals surface area contributed by atoms with Crippen LogP contribution in [0.15, 0.2) is 57.9 Å². The third-order valence-corrected chi connectivity index (χ3v) is 6.12. The average Bonchev–Trinajstić information content (AvgIpc) is 2.72. The number of aliphatic imine (C=N–C) groups is 2. The maximum atomic E-state index is 14.2. The lowest BCUT2D eigenvalue weighted by atomic mass is 9.72. The van der Waals surface area contributed by atoms with Crippen LogP contribution in [0.1, 0.15) is 31.2 Å². The summed E-state index contributed by atoms with van der Waals surface area (Å²) in [7, 11) is 0. The van der Waals surface area contributed by atoms with E-state index >= 15 is 0 Å². The number of halogens is 1. The largest absolute Gasteiger partial charge is 0.390 e. The van der Waals surface area contributed by atoms with Gasteiger partial charge in [0, 0.05) is 42.5 Å². The Bertz CT molecular complexity index is 1060. The van der Waals surface area contributed by atoms with E-state index < -0.39 is 6.29 Å². The van der Waals surface area contributed by atoms with Gasteiger partial charge in [-0.2, -0.15) is 0 Å². The second-order valence-electron chi connectivity index (χ2n) is 8.28. The second kappa shape index (κ2) is 8.28. The van der Waals surface area contributed by atoms with Crippen molar-refractivity contribution in [3.63, 3.8) is 0 Å². The fraction of sp³-hybridized carbons (Fsp3) is 0.391. The molecule has 7 nitrogen and oxygen atoms in total. The molecule has 1 aromatic carbocycles. The van der Waals surface area contributed by atoms with E-state index in [0.29, 0.717) is 12.8 Å². The van der Waals surface area contributed by atoms with Gasteiger partial charge in [-0.25, -0.2) is 4.39 Å². The highest BCUT2D eigenvalue weighted by molar-refractivity contribution is 6.25. The van der Waals surface area contributed by atoms with E-state index in [-0.39, 0.29) is 23.8 Å². The first-order chi connectivity index (χ1) is 15.1. The lowest BCUT2D eigenvalue weighted by molar-refractivity contribution is 0.0221. The van der Waals surface area contributed by atoms with Gasteiger partial charge in [0.15, 0.2) is 12.4 Å². The Balaban J connectivity index is 1.53. The zero-order valence-electron chi connectivity index (χ0n) is 17.3. The Morgan fingerprint density at radius 3 is 2.81 bits per heavy atom. The number of hydrogen-bond acceptors (Lipinski definition) is 7. The topological polar surface area (TPSA) is 97.2 Å². The Morgan fingerprint density at radius 2 is 2.06 bits per heavy atom. The van der Waals surface area contributed by atoms with Gasteiger partial charge in [0.1, 0.15) is 5.82 Å². The first kappa shape index (κ1) is 20.0. The number of nitrogens with one attached hydrogen (secondary N) is 1. The van der Waals surface area contributed by atoms with Crippen LogP contribution < -0.4 is 11.1 Å². The van der Waals surface area contributed by atoms with Crippen LogP contribution in [-0.2, 0) is 4.84 Å². The van der Waals surface area contributed by atoms with E-state index in [1.807, 2.05) is 25.1 Å². The quantitative estimate of drug-likeness (QED) is 0.743. The van der Waals surface area contributed by atoms with Gasteiger partial charge in [-0.05, 0) is 55.0 Å². The van der Waals surface area contributed by atoms with Gasteiger partial charge >= 0.3 is 0 Å². The molecule has 2 aromatic rings. The van der Waals surface area contributed by atoms with Crippen molar-refractivity contribution < 1.29 is 9.23 Å². The highest BCUT2D eigenvalue weighted by Gasteiger charge is 2.38. The number of fused-ring (bicyclic) bond motifs is 1. The van der Waals surface area contributed by atoms with Crippen LogP contribution in [0.2, 0.25) is 0 Å². The molecule has 1 aromatic heterocycles. The molecule has 1 saturated carbocycles. The van der Waals surface area contributed by atoms with E-state index in [1.54, 1.807) is 18.5 Å². The molecule has 0 amide bonds. The molecular weight excluding hydrogens is 395 g/mol. The first-order valence-electron chi connectivity index (χ1n) is 10.6. The highest BCUT2D eigenvalue weighted by atomic mass is 19.1. The number of nitrogens with zero attached hydrogens (tertiary/aromatic N) is 4. The molecule has 0 bridgehead atoms. The number of benzene rings is 1. The number of pyridine rings is 1. The monoisotopic (exact) mass is 420 g/mol. The molecule has 31 heavy (non-hydrogen) atoms. The number of oxime groups is 1. The third-order valence-electron chi connectivity index (χ3n) is 6.12. The van der Waals surface area contributed by atoms with Gasteiger partial charge < -0.3 is 10.2 Å². The Hall–Kier alpha value is -2.97. The average molecular weight is 420 g/mol. The summed E-state index contributed by atoms with van der Waals surface area (Å²) in [6.45, 7) is 3.57. The molecule has 2 aliphatic heterocycles. The van der Waals surface area contributed by atoms with Crippen molar-refractivity contribution >= 4 is 17.1 Å². The number of hydrogen-bond donors (Lipinski definition) is 2. The maximum absolute atomic E-state index is 14.2. The van der Waals surface area contributed by atoms with Crippen LogP contribution in [0, 0.1) is 11.7 Å². The summed E-state index contributed by atoms with van der Waals surface area (Å²) in [5, 5.41) is 7.73. The summed E-state index contributed by atoms with van der Waals surface area (Å²) in [6.07, 6.45) is 4.38. The first-order valence-corrected chi connectivity index (χ1v) is 10.6. The summed E-state index contributed by atoms with van der Waals surface area (Å²) in [6, 6.07) is 8.76. The summed E-state index contributed by atoms with van der Waals surface area (Å²) < 4.78 is 14.2. The number of rotatable bonds is 4. The molecule has 0 spiro atoms. The molecule has 1 saturated heterocycles. The Morgan fingerprint density at radius 1 is 1.19 bits per heavy atom. The third kappa shape index (κ3) is 4.00. The minimum atomic E-state index is -0.589. The van der Waals surface area contributed by atoms with Crippen LogP contribution in [0.4, 0.5) is 4.39 Å². The van der Waals surface area contributed by atoms with Gasteiger partial charge in [-0.15, -0.1) is 0 Å². The van der Waals surface area contributed by atoms with Crippen LogP contribution >= 0.6 is 0 Å². The van der Waals surface area contributed by atoms with E-state index in [9.17, 15) is 4.39 Å². The number of aromatic nitrogens is 1. The molecule has 160 valence electrons. The SMILES string of the molecule is CC1=NC(N)N=C2CC(c3ccc(F)cc3-c3cccnc3)CC(=NOC3CNC3)C12. The van der Waals surface area contributed by atoms with Crippen molar-refractivity contribution in [2.24, 2.45) is 26.8 Å². The molecule has 3 atom stereocenters. The van der Waals surface area contributed by atoms with Crippen molar-refractivity contribution in [3.05, 3.63) is 54.1 Å². The molecule has 1 aliphatic carbocycles. The predicted octanol–water partition coefficient (Wildman–Crippen LogP) is 2.88. The second-order valence-corrected chi connectivity index (χ2v) is 8.28. The van der Waals surface area contributed by atoms with Gasteiger partial charge in [0.25, 0.3) is 0 Å². The van der Waals surface area contributed by atoms with E-state index in [1.165, 1.54) is 6.07 Å². The molecule has 0 radical (unpaired) electrons. The van der Waals surface area contributed by atoms with Crippen LogP contribution in [0.3, 0.4) is 0 Å². The molecule has 3 heterocycles.